The Balaban J connectivity index is 1.72. The highest BCUT2D eigenvalue weighted by Gasteiger charge is 2.25. The van der Waals surface area contributed by atoms with Crippen molar-refractivity contribution in [3.8, 4) is 0 Å². The fourth-order valence-corrected chi connectivity index (χ4v) is 4.85. The summed E-state index contributed by atoms with van der Waals surface area (Å²) in [6, 6.07) is 31.8. The van der Waals surface area contributed by atoms with E-state index < -0.39 is 14.5 Å². The Labute approximate surface area is 136 Å². The first-order valence-corrected chi connectivity index (χ1v) is 9.31. The maximum absolute atomic E-state index is 6.36. The number of rotatable bonds is 6. The highest BCUT2D eigenvalue weighted by atomic mass is 27.2. The van der Waals surface area contributed by atoms with E-state index in [1.54, 1.807) is 0 Å². The van der Waals surface area contributed by atoms with E-state index >= 15 is 0 Å². The molecule has 22 heavy (non-hydrogen) atoms. The van der Waals surface area contributed by atoms with E-state index in [0.717, 1.165) is 13.0 Å². The lowest BCUT2D eigenvalue weighted by molar-refractivity contribution is 0.338. The number of benzene rings is 3. The van der Waals surface area contributed by atoms with Gasteiger partial charge in [0.2, 0.25) is 0 Å². The molecule has 0 heterocycles. The molecule has 0 saturated carbocycles. The van der Waals surface area contributed by atoms with E-state index in [1.165, 1.54) is 14.4 Å². The largest absolute Gasteiger partial charge is 0.544 e. The van der Waals surface area contributed by atoms with Crippen LogP contribution in [-0.2, 0) is 10.2 Å². The maximum atomic E-state index is 6.36. The van der Waals surface area contributed by atoms with E-state index in [-0.39, 0.29) is 0 Å². The summed E-state index contributed by atoms with van der Waals surface area (Å²) in [6.45, 7) is 0.769. The maximum Gasteiger partial charge on any atom is 0.544 e. The second-order valence-corrected chi connectivity index (χ2v) is 7.73. The van der Waals surface area contributed by atoms with Crippen LogP contribution < -0.4 is 8.85 Å². The van der Waals surface area contributed by atoms with E-state index in [1.807, 2.05) is 0 Å². The van der Waals surface area contributed by atoms with Crippen LogP contribution >= 0.6 is 0 Å². The second kappa shape index (κ2) is 7.96. The summed E-state index contributed by atoms with van der Waals surface area (Å²) in [7, 11) is 0. The highest BCUT2D eigenvalue weighted by Crippen LogP contribution is 2.01. The molecule has 1 nitrogen and oxygen atoms in total. The van der Waals surface area contributed by atoms with Gasteiger partial charge in [-0.3, -0.25) is 0 Å². The van der Waals surface area contributed by atoms with Crippen molar-refractivity contribution in [3.05, 3.63) is 96.6 Å². The molecule has 0 spiro atoms. The fourth-order valence-electron chi connectivity index (χ4n) is 2.58. The molecule has 0 saturated heterocycles. The van der Waals surface area contributed by atoms with Gasteiger partial charge in [-0.05, 0) is 12.0 Å². The van der Waals surface area contributed by atoms with E-state index in [2.05, 4.69) is 91.0 Å². The molecule has 0 fully saturated rings. The van der Waals surface area contributed by atoms with Gasteiger partial charge in [0, 0.05) is 6.61 Å². The number of hydrogen-bond acceptors (Lipinski definition) is 1. The van der Waals surface area contributed by atoms with Crippen LogP contribution in [0.3, 0.4) is 0 Å². The summed E-state index contributed by atoms with van der Waals surface area (Å²) in [5.41, 5.74) is 1.33. The van der Waals surface area contributed by atoms with E-state index in [4.69, 9.17) is 3.79 Å². The standard InChI is InChI=1S/C8H9O.2C6H5.Al/c9-7-6-8-4-2-1-3-5-8;2*1-2-4-6-5-3-1;/h1-5H,6-7H2;2*1-5H;/q-1;;;+1. The van der Waals surface area contributed by atoms with Crippen LogP contribution in [0.2, 0.25) is 0 Å². The zero-order valence-electron chi connectivity index (χ0n) is 12.6. The quantitative estimate of drug-likeness (QED) is 0.636. The van der Waals surface area contributed by atoms with Gasteiger partial charge in [-0.15, -0.1) is 0 Å². The van der Waals surface area contributed by atoms with Gasteiger partial charge < -0.3 is 3.79 Å². The van der Waals surface area contributed by atoms with Gasteiger partial charge in [-0.25, -0.2) is 0 Å². The summed E-state index contributed by atoms with van der Waals surface area (Å²) in [5, 5.41) is 0. The summed E-state index contributed by atoms with van der Waals surface area (Å²) < 4.78 is 9.03. The zero-order valence-corrected chi connectivity index (χ0v) is 13.7. The van der Waals surface area contributed by atoms with Crippen LogP contribution in [0.4, 0.5) is 0 Å². The van der Waals surface area contributed by atoms with Gasteiger partial charge in [-0.1, -0.05) is 99.8 Å². The highest BCUT2D eigenvalue weighted by molar-refractivity contribution is 6.80. The molecule has 0 N–H and O–H groups in total. The van der Waals surface area contributed by atoms with Crippen molar-refractivity contribution in [3.63, 3.8) is 0 Å². The second-order valence-electron chi connectivity index (χ2n) is 5.31. The average Bonchev–Trinajstić information content (AvgIpc) is 2.61. The molecule has 2 heteroatoms. The first-order chi connectivity index (χ1) is 10.9. The van der Waals surface area contributed by atoms with Gasteiger partial charge in [-0.2, -0.15) is 0 Å². The summed E-state index contributed by atoms with van der Waals surface area (Å²) >= 11 is -1.59. The van der Waals surface area contributed by atoms with Gasteiger partial charge in [0.25, 0.3) is 0 Å². The van der Waals surface area contributed by atoms with Gasteiger partial charge in [0.15, 0.2) is 0 Å². The van der Waals surface area contributed by atoms with Crippen molar-refractivity contribution in [2.24, 2.45) is 0 Å². The minimum atomic E-state index is -1.59. The third-order valence-electron chi connectivity index (χ3n) is 3.72. The molecule has 0 aliphatic carbocycles. The van der Waals surface area contributed by atoms with Crippen molar-refractivity contribution in [2.45, 2.75) is 6.42 Å². The molecular formula is C20H19AlO. The Morgan fingerprint density at radius 3 is 1.55 bits per heavy atom. The summed E-state index contributed by atoms with van der Waals surface area (Å²) in [6.07, 6.45) is 0.962. The molecule has 3 aromatic rings. The Bertz CT molecular complexity index is 628. The van der Waals surface area contributed by atoms with Crippen LogP contribution in [0.5, 0.6) is 0 Å². The lowest BCUT2D eigenvalue weighted by Gasteiger charge is -2.14. The molecule has 3 rings (SSSR count). The van der Waals surface area contributed by atoms with Crippen molar-refractivity contribution >= 4 is 23.3 Å². The molecule has 0 bridgehead atoms. The van der Waals surface area contributed by atoms with Crippen molar-refractivity contribution < 1.29 is 3.79 Å². The molecule has 3 aromatic carbocycles. The predicted molar refractivity (Wildman–Crippen MR) is 94.0 cm³/mol. The van der Waals surface area contributed by atoms with Gasteiger partial charge in [0.1, 0.15) is 0 Å². The first kappa shape index (κ1) is 15.1. The molecule has 0 aliphatic rings. The fraction of sp³-hybridized carbons (Fsp3) is 0.100. The summed E-state index contributed by atoms with van der Waals surface area (Å²) in [5.74, 6) is 0. The Morgan fingerprint density at radius 1 is 0.591 bits per heavy atom. The molecule has 0 aliphatic heterocycles. The van der Waals surface area contributed by atoms with Crippen molar-refractivity contribution in [2.75, 3.05) is 6.61 Å². The summed E-state index contributed by atoms with van der Waals surface area (Å²) in [4.78, 5) is 0. The normalized spacial score (nSPS) is 10.4. The third kappa shape index (κ3) is 4.09. The Morgan fingerprint density at radius 2 is 1.05 bits per heavy atom. The molecule has 0 radical (unpaired) electrons. The van der Waals surface area contributed by atoms with Crippen LogP contribution in [0.1, 0.15) is 5.56 Å². The van der Waals surface area contributed by atoms with Crippen molar-refractivity contribution in [1.82, 2.24) is 0 Å². The minimum Gasteiger partial charge on any atom is -0.494 e. The topological polar surface area (TPSA) is 9.23 Å². The Kier molecular flexibility index (Phi) is 5.45. The van der Waals surface area contributed by atoms with Gasteiger partial charge in [0.05, 0.1) is 0 Å². The molecule has 108 valence electrons. The molecular weight excluding hydrogens is 283 g/mol. The lowest BCUT2D eigenvalue weighted by Crippen LogP contribution is -2.45. The molecule has 0 unspecified atom stereocenters. The van der Waals surface area contributed by atoms with Crippen LogP contribution in [0.25, 0.3) is 0 Å². The lowest BCUT2D eigenvalue weighted by atomic mass is 10.2. The third-order valence-corrected chi connectivity index (χ3v) is 6.27. The molecule has 0 atom stereocenters. The SMILES string of the molecule is c1ccc(CC[O][Al]([c]2ccccc2)[c]2ccccc2)cc1. The smallest absolute Gasteiger partial charge is 0.494 e. The predicted octanol–water partition coefficient (Wildman–Crippen LogP) is 3.05. The van der Waals surface area contributed by atoms with Crippen LogP contribution in [0, 0.1) is 0 Å². The number of hydrogen-bond donors (Lipinski definition) is 0. The van der Waals surface area contributed by atoms with Crippen molar-refractivity contribution in [1.29, 1.82) is 0 Å². The minimum absolute atomic E-state index is 0.769. The first-order valence-electron chi connectivity index (χ1n) is 7.69. The van der Waals surface area contributed by atoms with E-state index in [9.17, 15) is 0 Å². The monoisotopic (exact) mass is 302 g/mol. The average molecular weight is 302 g/mol. The van der Waals surface area contributed by atoms with Gasteiger partial charge >= 0.3 is 14.5 Å². The van der Waals surface area contributed by atoms with E-state index in [0.29, 0.717) is 0 Å². The van der Waals surface area contributed by atoms with Crippen LogP contribution in [-0.4, -0.2) is 21.1 Å². The Hall–Kier alpha value is -1.85. The van der Waals surface area contributed by atoms with Crippen LogP contribution in [0.15, 0.2) is 91.0 Å². The molecule has 0 aromatic heterocycles. The zero-order chi connectivity index (χ0) is 15.0. The molecule has 0 amide bonds.